The van der Waals surface area contributed by atoms with Crippen molar-refractivity contribution in [1.29, 1.82) is 5.26 Å². The summed E-state index contributed by atoms with van der Waals surface area (Å²) in [6, 6.07) is 10.1. The lowest BCUT2D eigenvalue weighted by Gasteiger charge is -2.39. The number of halogens is 2. The molecule has 1 aromatic carbocycles. The van der Waals surface area contributed by atoms with Crippen LogP contribution in [0.3, 0.4) is 0 Å². The number of nitrogens with zero attached hydrogens (tertiary/aromatic N) is 8. The van der Waals surface area contributed by atoms with Gasteiger partial charge in [-0.3, -0.25) is 4.79 Å². The van der Waals surface area contributed by atoms with Gasteiger partial charge in [0.2, 0.25) is 5.91 Å². The molecule has 3 aliphatic rings. The third-order valence-electron chi connectivity index (χ3n) is 9.12. The lowest BCUT2D eigenvalue weighted by Crippen LogP contribution is -2.51. The summed E-state index contributed by atoms with van der Waals surface area (Å²) in [5, 5.41) is 15.3. The zero-order valence-corrected chi connectivity index (χ0v) is 25.7. The second-order valence-corrected chi connectivity index (χ2v) is 13.1. The van der Waals surface area contributed by atoms with Crippen LogP contribution in [0.1, 0.15) is 42.2 Å². The number of carbonyl (C=O) groups is 1. The van der Waals surface area contributed by atoms with Crippen molar-refractivity contribution >= 4 is 39.3 Å². The van der Waals surface area contributed by atoms with Crippen LogP contribution in [0.5, 0.6) is 0 Å². The largest absolute Gasteiger partial charge is 0.366 e. The molecule has 9 nitrogen and oxygen atoms in total. The molecular formula is C32H34F2N8OS. The number of hydrogen-bond donors (Lipinski definition) is 0. The molecule has 228 valence electrons. The van der Waals surface area contributed by atoms with Gasteiger partial charge in [-0.05, 0) is 76.2 Å². The number of fused-ring (bicyclic) bond motifs is 1. The van der Waals surface area contributed by atoms with Crippen LogP contribution in [-0.2, 0) is 4.79 Å². The van der Waals surface area contributed by atoms with Crippen LogP contribution < -0.4 is 9.80 Å². The first-order chi connectivity index (χ1) is 21.3. The lowest BCUT2D eigenvalue weighted by molar-refractivity contribution is -0.137. The molecule has 12 heteroatoms. The number of hydrogen-bond acceptors (Lipinski definition) is 8. The van der Waals surface area contributed by atoms with Crippen molar-refractivity contribution in [3.8, 4) is 17.3 Å². The minimum atomic E-state index is -0.355. The molecule has 1 saturated carbocycles. The number of aromatic nitrogens is 3. The highest BCUT2D eigenvalue weighted by atomic mass is 32.1. The Labute approximate surface area is 258 Å². The van der Waals surface area contributed by atoms with Gasteiger partial charge in [-0.1, -0.05) is 11.3 Å². The first kappa shape index (κ1) is 28.7. The van der Waals surface area contributed by atoms with Gasteiger partial charge in [0.15, 0.2) is 10.9 Å². The van der Waals surface area contributed by atoms with Crippen LogP contribution in [-0.4, -0.2) is 83.7 Å². The van der Waals surface area contributed by atoms with Gasteiger partial charge >= 0.3 is 0 Å². The third kappa shape index (κ3) is 5.28. The molecule has 0 unspecified atom stereocenters. The Morgan fingerprint density at radius 2 is 1.75 bits per heavy atom. The Morgan fingerprint density at radius 1 is 1.05 bits per heavy atom. The van der Waals surface area contributed by atoms with Crippen molar-refractivity contribution in [3.63, 3.8) is 0 Å². The molecular weight excluding hydrogens is 582 g/mol. The third-order valence-corrected chi connectivity index (χ3v) is 10.2. The maximum Gasteiger partial charge on any atom is 0.225 e. The van der Waals surface area contributed by atoms with E-state index in [-0.39, 0.29) is 29.4 Å². The fourth-order valence-electron chi connectivity index (χ4n) is 6.39. The normalized spacial score (nSPS) is 18.2. The fraction of sp³-hybridized carbons (Fsp3) is 0.438. The Kier molecular flexibility index (Phi) is 7.46. The molecule has 0 bridgehead atoms. The molecule has 5 heterocycles. The number of thiazole rings is 1. The fourth-order valence-corrected chi connectivity index (χ4v) is 7.24. The number of piperidine rings is 1. The van der Waals surface area contributed by atoms with Crippen LogP contribution in [0.2, 0.25) is 0 Å². The summed E-state index contributed by atoms with van der Waals surface area (Å²) in [7, 11) is 3.99. The molecule has 1 aliphatic carbocycles. The van der Waals surface area contributed by atoms with E-state index in [0.717, 1.165) is 55.7 Å². The van der Waals surface area contributed by atoms with Crippen molar-refractivity contribution in [2.45, 2.75) is 31.6 Å². The van der Waals surface area contributed by atoms with E-state index >= 15 is 4.39 Å². The zero-order chi connectivity index (χ0) is 30.5. The SMILES string of the molecule is CN1CCC(C(=O)N2CCN(c3cc4c(N(C)c5nc(-c6ccc(F)cc6)c(C#N)s5)c(C5CC5)nn4cc3F)CC2)CC1. The van der Waals surface area contributed by atoms with E-state index < -0.39 is 0 Å². The second-order valence-electron chi connectivity index (χ2n) is 12.1. The van der Waals surface area contributed by atoms with Gasteiger partial charge in [-0.15, -0.1) is 0 Å². The monoisotopic (exact) mass is 616 g/mol. The van der Waals surface area contributed by atoms with E-state index in [1.165, 1.54) is 29.7 Å². The topological polar surface area (TPSA) is 84.0 Å². The van der Waals surface area contributed by atoms with Crippen molar-refractivity contribution < 1.29 is 13.6 Å². The van der Waals surface area contributed by atoms with E-state index in [1.807, 2.05) is 27.8 Å². The molecule has 7 rings (SSSR count). The summed E-state index contributed by atoms with van der Waals surface area (Å²) in [5.41, 5.74) is 4.14. The molecule has 4 aromatic rings. The summed E-state index contributed by atoms with van der Waals surface area (Å²) in [6.07, 6.45) is 5.24. The van der Waals surface area contributed by atoms with Gasteiger partial charge in [0.25, 0.3) is 0 Å². The quantitative estimate of drug-likeness (QED) is 0.293. The average molecular weight is 617 g/mol. The molecule has 2 saturated heterocycles. The van der Waals surface area contributed by atoms with E-state index in [9.17, 15) is 14.4 Å². The summed E-state index contributed by atoms with van der Waals surface area (Å²) < 4.78 is 30.8. The number of anilines is 3. The molecule has 1 amide bonds. The van der Waals surface area contributed by atoms with Crippen molar-refractivity contribution in [2.75, 3.05) is 63.2 Å². The average Bonchev–Trinajstić information content (AvgIpc) is 3.69. The minimum Gasteiger partial charge on any atom is -0.366 e. The highest BCUT2D eigenvalue weighted by Gasteiger charge is 2.34. The van der Waals surface area contributed by atoms with Crippen molar-refractivity contribution in [2.24, 2.45) is 5.92 Å². The van der Waals surface area contributed by atoms with Crippen LogP contribution >= 0.6 is 11.3 Å². The highest BCUT2D eigenvalue weighted by Crippen LogP contribution is 2.48. The first-order valence-corrected chi connectivity index (χ1v) is 16.0. The summed E-state index contributed by atoms with van der Waals surface area (Å²) >= 11 is 1.26. The van der Waals surface area contributed by atoms with Crippen LogP contribution in [0.15, 0.2) is 36.5 Å². The Hall–Kier alpha value is -4.08. The number of rotatable bonds is 6. The maximum absolute atomic E-state index is 15.6. The van der Waals surface area contributed by atoms with Gasteiger partial charge in [-0.25, -0.2) is 18.3 Å². The number of likely N-dealkylation sites (tertiary alicyclic amines) is 1. The summed E-state index contributed by atoms with van der Waals surface area (Å²) in [5.74, 6) is -0.130. The number of amides is 1. The first-order valence-electron chi connectivity index (χ1n) is 15.2. The summed E-state index contributed by atoms with van der Waals surface area (Å²) in [6.45, 7) is 4.13. The smallest absolute Gasteiger partial charge is 0.225 e. The van der Waals surface area contributed by atoms with Crippen LogP contribution in [0, 0.1) is 28.9 Å². The van der Waals surface area contributed by atoms with E-state index in [0.29, 0.717) is 53.1 Å². The number of pyridine rings is 1. The van der Waals surface area contributed by atoms with Crippen LogP contribution in [0.4, 0.5) is 25.3 Å². The van der Waals surface area contributed by atoms with E-state index in [2.05, 4.69) is 18.0 Å². The van der Waals surface area contributed by atoms with Gasteiger partial charge in [0, 0.05) is 50.6 Å². The van der Waals surface area contributed by atoms with E-state index in [4.69, 9.17) is 10.1 Å². The Balaban J connectivity index is 1.18. The molecule has 0 spiro atoms. The maximum atomic E-state index is 15.6. The van der Waals surface area contributed by atoms with Crippen LogP contribution in [0.25, 0.3) is 16.8 Å². The number of nitriles is 1. The number of piperazine rings is 1. The van der Waals surface area contributed by atoms with Crippen molar-refractivity contribution in [3.05, 3.63) is 58.7 Å². The minimum absolute atomic E-state index is 0.0764. The molecule has 3 aromatic heterocycles. The van der Waals surface area contributed by atoms with Gasteiger partial charge in [-0.2, -0.15) is 10.4 Å². The Bertz CT molecular complexity index is 1740. The van der Waals surface area contributed by atoms with Crippen molar-refractivity contribution in [1.82, 2.24) is 24.4 Å². The zero-order valence-electron chi connectivity index (χ0n) is 24.8. The Morgan fingerprint density at radius 3 is 2.41 bits per heavy atom. The molecule has 0 atom stereocenters. The molecule has 2 aliphatic heterocycles. The molecule has 44 heavy (non-hydrogen) atoms. The lowest BCUT2D eigenvalue weighted by atomic mass is 9.95. The van der Waals surface area contributed by atoms with E-state index in [1.54, 1.807) is 16.6 Å². The number of carbonyl (C=O) groups excluding carboxylic acids is 1. The molecule has 3 fully saturated rings. The molecule has 0 N–H and O–H groups in total. The second kappa shape index (κ2) is 11.4. The summed E-state index contributed by atoms with van der Waals surface area (Å²) in [4.78, 5) is 26.6. The molecule has 0 radical (unpaired) electrons. The van der Waals surface area contributed by atoms with Gasteiger partial charge in [0.05, 0.1) is 28.8 Å². The predicted molar refractivity (Wildman–Crippen MR) is 166 cm³/mol. The van der Waals surface area contributed by atoms with Gasteiger partial charge in [0.1, 0.15) is 22.5 Å². The number of benzene rings is 1. The highest BCUT2D eigenvalue weighted by molar-refractivity contribution is 7.16. The van der Waals surface area contributed by atoms with Gasteiger partial charge < -0.3 is 19.6 Å². The predicted octanol–water partition coefficient (Wildman–Crippen LogP) is 5.24. The standard InChI is InChI=1S/C32H34F2N8OS/c1-38-11-9-22(10-12-38)31(43)41-15-13-40(14-16-41)25-17-26-30(29(21-3-4-21)37-42(26)19-24(25)34)39(2)32-36-28(27(18-35)44-32)20-5-7-23(33)8-6-20/h5-8,17,19,21-22H,3-4,9-16H2,1-2H3.